The van der Waals surface area contributed by atoms with Crippen LogP contribution >= 0.6 is 11.3 Å². The summed E-state index contributed by atoms with van der Waals surface area (Å²) in [5.41, 5.74) is 1.39. The van der Waals surface area contributed by atoms with Crippen molar-refractivity contribution < 1.29 is 9.53 Å². The third-order valence-corrected chi connectivity index (χ3v) is 3.13. The number of ether oxygens (including phenoxy) is 1. The lowest BCUT2D eigenvalue weighted by atomic mass is 10.4. The van der Waals surface area contributed by atoms with Crippen molar-refractivity contribution in [2.24, 2.45) is 7.05 Å². The molecule has 18 heavy (non-hydrogen) atoms. The Kier molecular flexibility index (Phi) is 3.93. The first-order chi connectivity index (χ1) is 8.70. The maximum atomic E-state index is 11.4. The van der Waals surface area contributed by atoms with Gasteiger partial charge in [-0.2, -0.15) is 5.10 Å². The van der Waals surface area contributed by atoms with Crippen LogP contribution in [0.2, 0.25) is 0 Å². The molecule has 2 aromatic rings. The number of hydrogen-bond donors (Lipinski definition) is 1. The van der Waals surface area contributed by atoms with Gasteiger partial charge in [-0.25, -0.2) is 9.78 Å². The Labute approximate surface area is 109 Å². The summed E-state index contributed by atoms with van der Waals surface area (Å²) in [5, 5.41) is 9.59. The molecule has 6 nitrogen and oxygen atoms in total. The molecule has 7 heteroatoms. The molecule has 0 radical (unpaired) electrons. The number of rotatable bonds is 5. The molecule has 0 amide bonds. The summed E-state index contributed by atoms with van der Waals surface area (Å²) in [5.74, 6) is -0.387. The van der Waals surface area contributed by atoms with Crippen molar-refractivity contribution in [3.63, 3.8) is 0 Å². The molecule has 0 unspecified atom stereocenters. The highest BCUT2D eigenvalue weighted by atomic mass is 32.1. The first-order valence-corrected chi connectivity index (χ1v) is 6.42. The third kappa shape index (κ3) is 2.86. The number of carbonyl (C=O) groups excluding carboxylic acids is 1. The van der Waals surface area contributed by atoms with Crippen molar-refractivity contribution in [3.8, 4) is 0 Å². The number of nitrogens with zero attached hydrogens (tertiary/aromatic N) is 3. The Bertz CT molecular complexity index is 535. The number of carbonyl (C=O) groups is 1. The van der Waals surface area contributed by atoms with Crippen molar-refractivity contribution >= 4 is 22.4 Å². The van der Waals surface area contributed by atoms with Crippen LogP contribution in [0, 0.1) is 0 Å². The van der Waals surface area contributed by atoms with E-state index in [4.69, 9.17) is 4.74 Å². The van der Waals surface area contributed by atoms with Gasteiger partial charge in [0.05, 0.1) is 18.8 Å². The first-order valence-electron chi connectivity index (χ1n) is 5.54. The fraction of sp³-hybridized carbons (Fsp3) is 0.364. The van der Waals surface area contributed by atoms with E-state index in [2.05, 4.69) is 15.4 Å². The van der Waals surface area contributed by atoms with Gasteiger partial charge in [-0.05, 0) is 13.0 Å². The molecule has 0 bridgehead atoms. The molecule has 96 valence electrons. The molecule has 2 heterocycles. The molecule has 2 rings (SSSR count). The number of aryl methyl sites for hydroxylation is 1. The second-order valence-corrected chi connectivity index (χ2v) is 4.42. The lowest BCUT2D eigenvalue weighted by Crippen LogP contribution is -2.07. The number of esters is 1. The SMILES string of the molecule is CCOC(=O)c1csc(NCc2ccnn2C)n1. The summed E-state index contributed by atoms with van der Waals surface area (Å²) in [6, 6.07) is 1.92. The highest BCUT2D eigenvalue weighted by molar-refractivity contribution is 7.13. The predicted molar refractivity (Wildman–Crippen MR) is 68.6 cm³/mol. The van der Waals surface area contributed by atoms with Crippen LogP contribution in [0.25, 0.3) is 0 Å². The number of thiazole rings is 1. The fourth-order valence-electron chi connectivity index (χ4n) is 1.39. The summed E-state index contributed by atoms with van der Waals surface area (Å²) in [6.07, 6.45) is 1.74. The normalized spacial score (nSPS) is 10.3. The van der Waals surface area contributed by atoms with Gasteiger partial charge in [0, 0.05) is 18.6 Å². The predicted octanol–water partition coefficient (Wildman–Crippen LogP) is 1.67. The van der Waals surface area contributed by atoms with Crippen LogP contribution in [0.1, 0.15) is 23.1 Å². The van der Waals surface area contributed by atoms with E-state index in [0.717, 1.165) is 5.69 Å². The summed E-state index contributed by atoms with van der Waals surface area (Å²) in [6.45, 7) is 2.74. The van der Waals surface area contributed by atoms with Gasteiger partial charge in [-0.15, -0.1) is 11.3 Å². The molecule has 0 fully saturated rings. The van der Waals surface area contributed by atoms with Crippen LogP contribution in [-0.2, 0) is 18.3 Å². The van der Waals surface area contributed by atoms with E-state index in [-0.39, 0.29) is 5.97 Å². The van der Waals surface area contributed by atoms with E-state index < -0.39 is 0 Å². The van der Waals surface area contributed by atoms with Gasteiger partial charge in [0.2, 0.25) is 0 Å². The third-order valence-electron chi connectivity index (χ3n) is 2.33. The molecule has 0 saturated carbocycles. The molecular formula is C11H14N4O2S. The number of nitrogens with one attached hydrogen (secondary N) is 1. The largest absolute Gasteiger partial charge is 0.461 e. The van der Waals surface area contributed by atoms with Gasteiger partial charge in [-0.1, -0.05) is 0 Å². The quantitative estimate of drug-likeness (QED) is 0.834. The Morgan fingerprint density at radius 1 is 1.61 bits per heavy atom. The fourth-order valence-corrected chi connectivity index (χ4v) is 2.07. The standard InChI is InChI=1S/C11H14N4O2S/c1-3-17-10(16)9-7-18-11(14-9)12-6-8-4-5-13-15(8)2/h4-5,7H,3,6H2,1-2H3,(H,12,14). The van der Waals surface area contributed by atoms with Crippen LogP contribution in [0.5, 0.6) is 0 Å². The summed E-state index contributed by atoms with van der Waals surface area (Å²) in [4.78, 5) is 15.6. The Balaban J connectivity index is 1.95. The van der Waals surface area contributed by atoms with Gasteiger partial charge < -0.3 is 10.1 Å². The topological polar surface area (TPSA) is 69.0 Å². The van der Waals surface area contributed by atoms with Crippen molar-refractivity contribution in [1.29, 1.82) is 0 Å². The van der Waals surface area contributed by atoms with E-state index >= 15 is 0 Å². The first kappa shape index (κ1) is 12.6. The molecule has 0 saturated heterocycles. The summed E-state index contributed by atoms with van der Waals surface area (Å²) in [7, 11) is 1.88. The highest BCUT2D eigenvalue weighted by Crippen LogP contribution is 2.16. The zero-order valence-corrected chi connectivity index (χ0v) is 11.0. The van der Waals surface area contributed by atoms with E-state index in [1.54, 1.807) is 23.2 Å². The van der Waals surface area contributed by atoms with Crippen LogP contribution in [0.4, 0.5) is 5.13 Å². The lowest BCUT2D eigenvalue weighted by Gasteiger charge is -2.02. The van der Waals surface area contributed by atoms with Crippen LogP contribution < -0.4 is 5.32 Å². The number of hydrogen-bond acceptors (Lipinski definition) is 6. The molecule has 0 aliphatic carbocycles. The molecule has 0 atom stereocenters. The van der Waals surface area contributed by atoms with E-state index in [9.17, 15) is 4.79 Å². The molecule has 0 aliphatic heterocycles. The van der Waals surface area contributed by atoms with Crippen LogP contribution in [0.15, 0.2) is 17.6 Å². The Morgan fingerprint density at radius 2 is 2.44 bits per heavy atom. The second kappa shape index (κ2) is 5.63. The van der Waals surface area contributed by atoms with Gasteiger partial charge in [-0.3, -0.25) is 4.68 Å². The summed E-state index contributed by atoms with van der Waals surface area (Å²) < 4.78 is 6.66. The minimum atomic E-state index is -0.387. The molecular weight excluding hydrogens is 252 g/mol. The minimum absolute atomic E-state index is 0.342. The molecule has 0 spiro atoms. The maximum Gasteiger partial charge on any atom is 0.357 e. The Morgan fingerprint density at radius 3 is 3.11 bits per heavy atom. The van der Waals surface area contributed by atoms with Crippen molar-refractivity contribution in [2.45, 2.75) is 13.5 Å². The van der Waals surface area contributed by atoms with Gasteiger partial charge in [0.15, 0.2) is 10.8 Å². The number of aromatic nitrogens is 3. The minimum Gasteiger partial charge on any atom is -0.461 e. The van der Waals surface area contributed by atoms with E-state index in [1.807, 2.05) is 13.1 Å². The molecule has 1 N–H and O–H groups in total. The zero-order valence-electron chi connectivity index (χ0n) is 10.2. The highest BCUT2D eigenvalue weighted by Gasteiger charge is 2.11. The molecule has 2 aromatic heterocycles. The smallest absolute Gasteiger partial charge is 0.357 e. The average Bonchev–Trinajstić information content (AvgIpc) is 2.96. The molecule has 0 aromatic carbocycles. The summed E-state index contributed by atoms with van der Waals surface area (Å²) >= 11 is 1.38. The average molecular weight is 266 g/mol. The van der Waals surface area contributed by atoms with Crippen LogP contribution in [0.3, 0.4) is 0 Å². The van der Waals surface area contributed by atoms with Crippen molar-refractivity contribution in [2.75, 3.05) is 11.9 Å². The van der Waals surface area contributed by atoms with Gasteiger partial charge in [0.25, 0.3) is 0 Å². The number of anilines is 1. The van der Waals surface area contributed by atoms with E-state index in [1.165, 1.54) is 11.3 Å². The van der Waals surface area contributed by atoms with Gasteiger partial charge in [0.1, 0.15) is 0 Å². The maximum absolute atomic E-state index is 11.4. The Hall–Kier alpha value is -1.89. The van der Waals surface area contributed by atoms with E-state index in [0.29, 0.717) is 24.0 Å². The monoisotopic (exact) mass is 266 g/mol. The van der Waals surface area contributed by atoms with Crippen molar-refractivity contribution in [3.05, 3.63) is 29.0 Å². The van der Waals surface area contributed by atoms with Gasteiger partial charge >= 0.3 is 5.97 Å². The lowest BCUT2D eigenvalue weighted by molar-refractivity contribution is 0.0520. The zero-order chi connectivity index (χ0) is 13.0. The van der Waals surface area contributed by atoms with Crippen molar-refractivity contribution in [1.82, 2.24) is 14.8 Å². The second-order valence-electron chi connectivity index (χ2n) is 3.56. The molecule has 0 aliphatic rings. The van der Waals surface area contributed by atoms with Crippen LogP contribution in [-0.4, -0.2) is 27.3 Å².